The number of hydrogen-bond donors (Lipinski definition) is 2. The van der Waals surface area contributed by atoms with E-state index in [2.05, 4.69) is 10.6 Å². The molecule has 0 aromatic heterocycles. The van der Waals surface area contributed by atoms with Gasteiger partial charge in [0, 0.05) is 12.6 Å². The number of nitrogens with one attached hydrogen (secondary N) is 2. The molecular formula is C14H20ClFN2O2. The summed E-state index contributed by atoms with van der Waals surface area (Å²) < 4.78 is 18.0. The van der Waals surface area contributed by atoms with Crippen LogP contribution in [0.1, 0.15) is 27.7 Å². The molecule has 0 heterocycles. The summed E-state index contributed by atoms with van der Waals surface area (Å²) in [5, 5.41) is 6.04. The molecule has 1 aromatic rings. The van der Waals surface area contributed by atoms with E-state index in [1.807, 2.05) is 6.92 Å². The Hall–Kier alpha value is -1.49. The number of amides is 1. The molecule has 1 aromatic carbocycles. The van der Waals surface area contributed by atoms with Crippen LogP contribution in [-0.2, 0) is 4.74 Å². The summed E-state index contributed by atoms with van der Waals surface area (Å²) in [7, 11) is 0. The smallest absolute Gasteiger partial charge is 0.407 e. The molecule has 0 saturated carbocycles. The largest absolute Gasteiger partial charge is 0.444 e. The van der Waals surface area contributed by atoms with Crippen molar-refractivity contribution in [2.45, 2.75) is 39.3 Å². The molecule has 1 amide bonds. The van der Waals surface area contributed by atoms with Crippen LogP contribution in [0.2, 0.25) is 5.02 Å². The molecule has 6 heteroatoms. The molecule has 20 heavy (non-hydrogen) atoms. The molecule has 4 nitrogen and oxygen atoms in total. The molecule has 0 aliphatic heterocycles. The molecule has 1 unspecified atom stereocenters. The lowest BCUT2D eigenvalue weighted by Gasteiger charge is -2.21. The number of carbonyl (C=O) groups excluding carboxylic acids is 1. The van der Waals surface area contributed by atoms with Gasteiger partial charge in [-0.2, -0.15) is 0 Å². The minimum atomic E-state index is -0.527. The Morgan fingerprint density at radius 3 is 2.65 bits per heavy atom. The zero-order chi connectivity index (χ0) is 15.3. The highest BCUT2D eigenvalue weighted by atomic mass is 35.5. The van der Waals surface area contributed by atoms with Crippen LogP contribution in [0, 0.1) is 5.82 Å². The van der Waals surface area contributed by atoms with Crippen molar-refractivity contribution in [3.63, 3.8) is 0 Å². The zero-order valence-corrected chi connectivity index (χ0v) is 12.8. The average Bonchev–Trinajstić information content (AvgIpc) is 2.28. The lowest BCUT2D eigenvalue weighted by molar-refractivity contribution is 0.0526. The number of anilines is 1. The topological polar surface area (TPSA) is 50.4 Å². The minimum Gasteiger partial charge on any atom is -0.444 e. The Bertz CT molecular complexity index is 475. The Balaban J connectivity index is 2.44. The third-order valence-electron chi connectivity index (χ3n) is 2.28. The maximum absolute atomic E-state index is 12.9. The van der Waals surface area contributed by atoms with E-state index in [1.165, 1.54) is 12.1 Å². The molecule has 1 rings (SSSR count). The quantitative estimate of drug-likeness (QED) is 0.889. The second-order valence-electron chi connectivity index (χ2n) is 5.55. The molecule has 0 radical (unpaired) electrons. The van der Waals surface area contributed by atoms with Crippen LogP contribution in [0.4, 0.5) is 14.9 Å². The van der Waals surface area contributed by atoms with E-state index in [0.29, 0.717) is 17.3 Å². The van der Waals surface area contributed by atoms with Gasteiger partial charge in [0.15, 0.2) is 0 Å². The Labute approximate surface area is 123 Å². The molecule has 0 saturated heterocycles. The first-order chi connectivity index (χ1) is 9.17. The van der Waals surface area contributed by atoms with Gasteiger partial charge in [-0.05, 0) is 45.9 Å². The van der Waals surface area contributed by atoms with Crippen molar-refractivity contribution in [1.82, 2.24) is 5.32 Å². The second kappa shape index (κ2) is 6.79. The van der Waals surface area contributed by atoms with E-state index < -0.39 is 11.7 Å². The highest BCUT2D eigenvalue weighted by Gasteiger charge is 2.16. The minimum absolute atomic E-state index is 0.0783. The molecule has 0 fully saturated rings. The monoisotopic (exact) mass is 302 g/mol. The van der Waals surface area contributed by atoms with E-state index in [-0.39, 0.29) is 11.9 Å². The Kier molecular flexibility index (Phi) is 5.62. The molecule has 112 valence electrons. The van der Waals surface area contributed by atoms with E-state index >= 15 is 0 Å². The molecule has 0 spiro atoms. The van der Waals surface area contributed by atoms with Crippen LogP contribution >= 0.6 is 11.6 Å². The van der Waals surface area contributed by atoms with Crippen LogP contribution in [-0.4, -0.2) is 24.3 Å². The highest BCUT2D eigenvalue weighted by molar-refractivity contribution is 6.33. The average molecular weight is 303 g/mol. The van der Waals surface area contributed by atoms with Gasteiger partial charge in [-0.15, -0.1) is 0 Å². The number of benzene rings is 1. The maximum Gasteiger partial charge on any atom is 0.407 e. The summed E-state index contributed by atoms with van der Waals surface area (Å²) >= 11 is 5.91. The summed E-state index contributed by atoms with van der Waals surface area (Å²) in [6.07, 6.45) is -0.476. The van der Waals surface area contributed by atoms with Gasteiger partial charge < -0.3 is 15.4 Å². The predicted molar refractivity (Wildman–Crippen MR) is 78.7 cm³/mol. The summed E-state index contributed by atoms with van der Waals surface area (Å²) in [5.41, 5.74) is 0.0904. The number of alkyl carbamates (subject to hydrolysis) is 1. The number of carbonyl (C=O) groups is 1. The summed E-state index contributed by atoms with van der Waals surface area (Å²) in [5.74, 6) is -0.389. The third-order valence-corrected chi connectivity index (χ3v) is 2.60. The second-order valence-corrected chi connectivity index (χ2v) is 5.96. The first-order valence-corrected chi connectivity index (χ1v) is 6.73. The lowest BCUT2D eigenvalue weighted by Crippen LogP contribution is -2.38. The normalized spacial score (nSPS) is 12.7. The standard InChI is InChI=1S/C14H20ClFN2O2/c1-9(8-17-13(19)20-14(2,3)4)18-12-6-5-10(16)7-11(12)15/h5-7,9,18H,8H2,1-4H3,(H,17,19). The highest BCUT2D eigenvalue weighted by Crippen LogP contribution is 2.22. The summed E-state index contributed by atoms with van der Waals surface area (Å²) in [6, 6.07) is 4.03. The van der Waals surface area contributed by atoms with E-state index in [9.17, 15) is 9.18 Å². The fraction of sp³-hybridized carbons (Fsp3) is 0.500. The van der Waals surface area contributed by atoms with Gasteiger partial charge in [-0.3, -0.25) is 0 Å². The van der Waals surface area contributed by atoms with Gasteiger partial charge in [0.05, 0.1) is 10.7 Å². The van der Waals surface area contributed by atoms with Crippen LogP contribution in [0.5, 0.6) is 0 Å². The number of ether oxygens (including phenoxy) is 1. The Morgan fingerprint density at radius 2 is 2.10 bits per heavy atom. The Morgan fingerprint density at radius 1 is 1.45 bits per heavy atom. The SMILES string of the molecule is CC(CNC(=O)OC(C)(C)C)Nc1ccc(F)cc1Cl. The van der Waals surface area contributed by atoms with Crippen molar-refractivity contribution >= 4 is 23.4 Å². The first-order valence-electron chi connectivity index (χ1n) is 6.36. The van der Waals surface area contributed by atoms with Gasteiger partial charge in [0.1, 0.15) is 11.4 Å². The van der Waals surface area contributed by atoms with Crippen molar-refractivity contribution in [2.75, 3.05) is 11.9 Å². The molecular weight excluding hydrogens is 283 g/mol. The first kappa shape index (κ1) is 16.6. The summed E-state index contributed by atoms with van der Waals surface area (Å²) in [6.45, 7) is 7.63. The fourth-order valence-electron chi connectivity index (χ4n) is 1.47. The van der Waals surface area contributed by atoms with Crippen LogP contribution < -0.4 is 10.6 Å². The maximum atomic E-state index is 12.9. The number of halogens is 2. The van der Waals surface area contributed by atoms with Crippen LogP contribution in [0.25, 0.3) is 0 Å². The van der Waals surface area contributed by atoms with Gasteiger partial charge in [-0.1, -0.05) is 11.6 Å². The molecule has 0 bridgehead atoms. The zero-order valence-electron chi connectivity index (χ0n) is 12.1. The third kappa shape index (κ3) is 6.10. The number of rotatable bonds is 4. The van der Waals surface area contributed by atoms with Crippen molar-refractivity contribution < 1.29 is 13.9 Å². The predicted octanol–water partition coefficient (Wildman–Crippen LogP) is 3.80. The van der Waals surface area contributed by atoms with Gasteiger partial charge in [-0.25, -0.2) is 9.18 Å². The van der Waals surface area contributed by atoms with E-state index in [1.54, 1.807) is 26.8 Å². The molecule has 0 aliphatic carbocycles. The van der Waals surface area contributed by atoms with Crippen molar-refractivity contribution in [1.29, 1.82) is 0 Å². The molecule has 1 atom stereocenters. The van der Waals surface area contributed by atoms with Crippen LogP contribution in [0.3, 0.4) is 0 Å². The van der Waals surface area contributed by atoms with Crippen LogP contribution in [0.15, 0.2) is 18.2 Å². The van der Waals surface area contributed by atoms with E-state index in [4.69, 9.17) is 16.3 Å². The van der Waals surface area contributed by atoms with Gasteiger partial charge in [0.2, 0.25) is 0 Å². The number of hydrogen-bond acceptors (Lipinski definition) is 3. The van der Waals surface area contributed by atoms with Crippen molar-refractivity contribution in [2.24, 2.45) is 0 Å². The van der Waals surface area contributed by atoms with E-state index in [0.717, 1.165) is 0 Å². The van der Waals surface area contributed by atoms with Gasteiger partial charge >= 0.3 is 6.09 Å². The van der Waals surface area contributed by atoms with Crippen molar-refractivity contribution in [3.05, 3.63) is 29.0 Å². The van der Waals surface area contributed by atoms with Crippen molar-refractivity contribution in [3.8, 4) is 0 Å². The molecule has 0 aliphatic rings. The molecule has 2 N–H and O–H groups in total. The fourth-order valence-corrected chi connectivity index (χ4v) is 1.70. The summed E-state index contributed by atoms with van der Waals surface area (Å²) in [4.78, 5) is 11.5. The van der Waals surface area contributed by atoms with Gasteiger partial charge in [0.25, 0.3) is 0 Å². The lowest BCUT2D eigenvalue weighted by atomic mass is 10.2.